The highest BCUT2D eigenvalue weighted by Gasteiger charge is 2.49. The SMILES string of the molecule is CCOC(=O)C(F)C1(O)CCC(C)CC1C. The molecule has 1 rings (SSSR count). The summed E-state index contributed by atoms with van der Waals surface area (Å²) in [6.45, 7) is 5.64. The summed E-state index contributed by atoms with van der Waals surface area (Å²) in [5, 5.41) is 10.2. The van der Waals surface area contributed by atoms with Gasteiger partial charge in [-0.1, -0.05) is 13.8 Å². The Kier molecular flexibility index (Phi) is 4.30. The number of alkyl halides is 1. The Hall–Kier alpha value is -0.640. The lowest BCUT2D eigenvalue weighted by Crippen LogP contribution is -2.52. The van der Waals surface area contributed by atoms with E-state index in [4.69, 9.17) is 0 Å². The molecule has 4 heteroatoms. The van der Waals surface area contributed by atoms with Crippen LogP contribution in [0.15, 0.2) is 0 Å². The first-order valence-electron chi connectivity index (χ1n) is 5.94. The van der Waals surface area contributed by atoms with E-state index in [2.05, 4.69) is 11.7 Å². The molecular formula is C12H21FO3. The first-order chi connectivity index (χ1) is 7.41. The summed E-state index contributed by atoms with van der Waals surface area (Å²) in [5.74, 6) is -0.674. The van der Waals surface area contributed by atoms with Crippen LogP contribution in [0.3, 0.4) is 0 Å². The van der Waals surface area contributed by atoms with E-state index in [1.807, 2.05) is 0 Å². The van der Waals surface area contributed by atoms with E-state index in [9.17, 15) is 14.3 Å². The minimum Gasteiger partial charge on any atom is -0.464 e. The van der Waals surface area contributed by atoms with Crippen LogP contribution < -0.4 is 0 Å². The van der Waals surface area contributed by atoms with Gasteiger partial charge in [-0.25, -0.2) is 9.18 Å². The maximum absolute atomic E-state index is 13.9. The minimum absolute atomic E-state index is 0.139. The first-order valence-corrected chi connectivity index (χ1v) is 5.94. The summed E-state index contributed by atoms with van der Waals surface area (Å²) in [5.41, 5.74) is -1.54. The second kappa shape index (κ2) is 5.13. The van der Waals surface area contributed by atoms with Gasteiger partial charge in [-0.15, -0.1) is 0 Å². The standard InChI is InChI=1S/C12H21FO3/c1-4-16-11(14)10(13)12(15)6-5-8(2)7-9(12)3/h8-10,15H,4-7H2,1-3H3. The highest BCUT2D eigenvalue weighted by Crippen LogP contribution is 2.40. The van der Waals surface area contributed by atoms with E-state index in [0.717, 1.165) is 12.8 Å². The summed E-state index contributed by atoms with van der Waals surface area (Å²) >= 11 is 0. The molecule has 0 aliphatic heterocycles. The predicted molar refractivity (Wildman–Crippen MR) is 58.7 cm³/mol. The predicted octanol–water partition coefficient (Wildman–Crippen LogP) is 2.07. The number of esters is 1. The lowest BCUT2D eigenvalue weighted by molar-refractivity contribution is -0.170. The molecule has 0 bridgehead atoms. The van der Waals surface area contributed by atoms with Gasteiger partial charge in [0.25, 0.3) is 0 Å². The average Bonchev–Trinajstić information content (AvgIpc) is 2.23. The van der Waals surface area contributed by atoms with Gasteiger partial charge in [0.15, 0.2) is 0 Å². The summed E-state index contributed by atoms with van der Waals surface area (Å²) in [4.78, 5) is 11.3. The quantitative estimate of drug-likeness (QED) is 0.758. The number of hydrogen-bond acceptors (Lipinski definition) is 3. The molecule has 4 atom stereocenters. The van der Waals surface area contributed by atoms with E-state index in [1.54, 1.807) is 13.8 Å². The normalized spacial score (nSPS) is 36.8. The fourth-order valence-corrected chi connectivity index (χ4v) is 2.45. The zero-order valence-corrected chi connectivity index (χ0v) is 10.2. The molecule has 0 radical (unpaired) electrons. The molecule has 94 valence electrons. The van der Waals surface area contributed by atoms with Crippen LogP contribution in [0.2, 0.25) is 0 Å². The average molecular weight is 232 g/mol. The van der Waals surface area contributed by atoms with Crippen LogP contribution in [0.5, 0.6) is 0 Å². The van der Waals surface area contributed by atoms with Crippen LogP contribution in [0, 0.1) is 11.8 Å². The Morgan fingerprint density at radius 3 is 2.75 bits per heavy atom. The van der Waals surface area contributed by atoms with Crippen molar-refractivity contribution < 1.29 is 19.0 Å². The molecule has 4 unspecified atom stereocenters. The number of carbonyl (C=O) groups excluding carboxylic acids is 1. The lowest BCUT2D eigenvalue weighted by Gasteiger charge is -2.41. The van der Waals surface area contributed by atoms with Crippen molar-refractivity contribution in [1.82, 2.24) is 0 Å². The van der Waals surface area contributed by atoms with Gasteiger partial charge < -0.3 is 9.84 Å². The number of aliphatic hydroxyl groups is 1. The second-order valence-corrected chi connectivity index (χ2v) is 4.89. The van der Waals surface area contributed by atoms with Crippen molar-refractivity contribution in [3.05, 3.63) is 0 Å². The Morgan fingerprint density at radius 1 is 1.62 bits per heavy atom. The van der Waals surface area contributed by atoms with E-state index < -0.39 is 17.7 Å². The van der Waals surface area contributed by atoms with E-state index in [0.29, 0.717) is 12.3 Å². The van der Waals surface area contributed by atoms with Gasteiger partial charge in [0.2, 0.25) is 6.17 Å². The van der Waals surface area contributed by atoms with Crippen molar-refractivity contribution >= 4 is 5.97 Å². The van der Waals surface area contributed by atoms with Crippen molar-refractivity contribution in [3.8, 4) is 0 Å². The zero-order chi connectivity index (χ0) is 12.3. The second-order valence-electron chi connectivity index (χ2n) is 4.89. The third kappa shape index (κ3) is 2.54. The smallest absolute Gasteiger partial charge is 0.343 e. The van der Waals surface area contributed by atoms with E-state index in [1.165, 1.54) is 0 Å². The molecule has 1 N–H and O–H groups in total. The third-order valence-electron chi connectivity index (χ3n) is 3.58. The molecule has 16 heavy (non-hydrogen) atoms. The van der Waals surface area contributed by atoms with Crippen molar-refractivity contribution in [1.29, 1.82) is 0 Å². The molecule has 0 aromatic heterocycles. The molecule has 1 aliphatic rings. The molecule has 0 heterocycles. The Morgan fingerprint density at radius 2 is 2.25 bits per heavy atom. The zero-order valence-electron chi connectivity index (χ0n) is 10.2. The topological polar surface area (TPSA) is 46.5 Å². The Bertz CT molecular complexity index is 257. The molecule has 1 saturated carbocycles. The summed E-state index contributed by atoms with van der Waals surface area (Å²) in [7, 11) is 0. The summed E-state index contributed by atoms with van der Waals surface area (Å²) in [6.07, 6.45) is -0.0956. The van der Waals surface area contributed by atoms with Crippen LogP contribution in [0.1, 0.15) is 40.0 Å². The molecular weight excluding hydrogens is 211 g/mol. The number of rotatable bonds is 3. The van der Waals surface area contributed by atoms with Crippen molar-refractivity contribution in [2.24, 2.45) is 11.8 Å². The van der Waals surface area contributed by atoms with Crippen molar-refractivity contribution in [2.45, 2.75) is 51.8 Å². The van der Waals surface area contributed by atoms with Gasteiger partial charge in [0.1, 0.15) is 5.60 Å². The third-order valence-corrected chi connectivity index (χ3v) is 3.58. The molecule has 0 spiro atoms. The number of halogens is 1. The monoisotopic (exact) mass is 232 g/mol. The largest absolute Gasteiger partial charge is 0.464 e. The summed E-state index contributed by atoms with van der Waals surface area (Å²) < 4.78 is 18.5. The van der Waals surface area contributed by atoms with E-state index in [-0.39, 0.29) is 12.5 Å². The van der Waals surface area contributed by atoms with Gasteiger partial charge >= 0.3 is 5.97 Å². The molecule has 0 amide bonds. The maximum atomic E-state index is 13.9. The first kappa shape index (κ1) is 13.4. The molecule has 3 nitrogen and oxygen atoms in total. The highest BCUT2D eigenvalue weighted by atomic mass is 19.1. The maximum Gasteiger partial charge on any atom is 0.343 e. The molecule has 0 saturated heterocycles. The van der Waals surface area contributed by atoms with Crippen LogP contribution in [-0.4, -0.2) is 29.5 Å². The molecule has 1 aliphatic carbocycles. The van der Waals surface area contributed by atoms with Crippen LogP contribution >= 0.6 is 0 Å². The van der Waals surface area contributed by atoms with Crippen molar-refractivity contribution in [2.75, 3.05) is 6.61 Å². The van der Waals surface area contributed by atoms with Gasteiger partial charge in [-0.2, -0.15) is 0 Å². The summed E-state index contributed by atoms with van der Waals surface area (Å²) in [6, 6.07) is 0. The van der Waals surface area contributed by atoms with Crippen LogP contribution in [0.25, 0.3) is 0 Å². The fraction of sp³-hybridized carbons (Fsp3) is 0.917. The van der Waals surface area contributed by atoms with Gasteiger partial charge in [0, 0.05) is 0 Å². The fourth-order valence-electron chi connectivity index (χ4n) is 2.45. The van der Waals surface area contributed by atoms with Crippen LogP contribution in [0.4, 0.5) is 4.39 Å². The molecule has 0 aromatic rings. The van der Waals surface area contributed by atoms with Gasteiger partial charge in [-0.05, 0) is 38.0 Å². The van der Waals surface area contributed by atoms with Gasteiger partial charge in [0.05, 0.1) is 6.61 Å². The Labute approximate surface area is 96.0 Å². The number of carbonyl (C=O) groups is 1. The van der Waals surface area contributed by atoms with Crippen molar-refractivity contribution in [3.63, 3.8) is 0 Å². The number of ether oxygens (including phenoxy) is 1. The van der Waals surface area contributed by atoms with Crippen LogP contribution in [-0.2, 0) is 9.53 Å². The minimum atomic E-state index is -1.92. The Balaban J connectivity index is 2.72. The number of hydrogen-bond donors (Lipinski definition) is 1. The molecule has 1 fully saturated rings. The van der Waals surface area contributed by atoms with Gasteiger partial charge in [-0.3, -0.25) is 0 Å². The highest BCUT2D eigenvalue weighted by molar-refractivity contribution is 5.76. The molecule has 0 aromatic carbocycles. The van der Waals surface area contributed by atoms with E-state index >= 15 is 0 Å². The lowest BCUT2D eigenvalue weighted by atomic mass is 9.70.